The number of hydrogen-bond donors (Lipinski definition) is 2. The summed E-state index contributed by atoms with van der Waals surface area (Å²) in [6.45, 7) is 1.99. The maximum Gasteiger partial charge on any atom is 0.234 e. The molecule has 0 heterocycles. The van der Waals surface area contributed by atoms with Crippen molar-refractivity contribution >= 4 is 57.5 Å². The summed E-state index contributed by atoms with van der Waals surface area (Å²) >= 11 is 3.50. The van der Waals surface area contributed by atoms with Gasteiger partial charge in [0.2, 0.25) is 11.8 Å². The highest BCUT2D eigenvalue weighted by molar-refractivity contribution is 14.1. The summed E-state index contributed by atoms with van der Waals surface area (Å²) < 4.78 is 1.11. The third-order valence-electron chi connectivity index (χ3n) is 2.93. The van der Waals surface area contributed by atoms with Gasteiger partial charge in [0.05, 0.1) is 11.5 Å². The number of halogens is 1. The molecule has 0 spiro atoms. The second kappa shape index (κ2) is 8.93. The van der Waals surface area contributed by atoms with Crippen molar-refractivity contribution < 1.29 is 9.59 Å². The molecule has 0 saturated carbocycles. The largest absolute Gasteiger partial charge is 0.325 e. The second-order valence-corrected chi connectivity index (χ2v) is 7.19. The molecule has 0 aliphatic rings. The Labute approximate surface area is 153 Å². The lowest BCUT2D eigenvalue weighted by Gasteiger charge is -2.06. The first-order chi connectivity index (χ1) is 11.0. The van der Waals surface area contributed by atoms with Gasteiger partial charge < -0.3 is 10.6 Å². The Bertz CT molecular complexity index is 612. The third kappa shape index (κ3) is 6.62. The van der Waals surface area contributed by atoms with E-state index in [1.165, 1.54) is 11.8 Å². The van der Waals surface area contributed by atoms with Crippen LogP contribution in [0, 0.1) is 10.5 Å². The molecule has 0 atom stereocenters. The fourth-order valence-electron chi connectivity index (χ4n) is 1.80. The smallest absolute Gasteiger partial charge is 0.234 e. The van der Waals surface area contributed by atoms with E-state index in [2.05, 4.69) is 33.2 Å². The van der Waals surface area contributed by atoms with Crippen LogP contribution in [0.1, 0.15) is 5.56 Å². The number of rotatable bonds is 6. The van der Waals surface area contributed by atoms with Gasteiger partial charge in [0.15, 0.2) is 0 Å². The number of nitrogens with one attached hydrogen (secondary N) is 2. The fraction of sp³-hybridized carbons (Fsp3) is 0.176. The van der Waals surface area contributed by atoms with Crippen molar-refractivity contribution in [1.82, 2.24) is 0 Å². The summed E-state index contributed by atoms with van der Waals surface area (Å²) in [5.41, 5.74) is 2.68. The molecule has 0 aliphatic carbocycles. The Morgan fingerprint density at radius 2 is 1.30 bits per heavy atom. The predicted octanol–water partition coefficient (Wildman–Crippen LogP) is 3.91. The van der Waals surface area contributed by atoms with Gasteiger partial charge in [-0.05, 0) is 65.9 Å². The van der Waals surface area contributed by atoms with E-state index in [4.69, 9.17) is 0 Å². The molecule has 23 heavy (non-hydrogen) atoms. The van der Waals surface area contributed by atoms with Gasteiger partial charge in [0.1, 0.15) is 0 Å². The third-order valence-corrected chi connectivity index (χ3v) is 4.58. The maximum absolute atomic E-state index is 11.8. The highest BCUT2D eigenvalue weighted by Gasteiger charge is 2.06. The zero-order valence-corrected chi connectivity index (χ0v) is 15.6. The molecule has 0 aliphatic heterocycles. The van der Waals surface area contributed by atoms with Gasteiger partial charge in [-0.15, -0.1) is 11.8 Å². The Balaban J connectivity index is 1.69. The molecule has 6 heteroatoms. The van der Waals surface area contributed by atoms with Crippen LogP contribution < -0.4 is 10.6 Å². The minimum Gasteiger partial charge on any atom is -0.325 e. The standard InChI is InChI=1S/C17H17IN2O2S/c1-12-2-6-14(7-3-12)19-16(21)10-23-11-17(22)20-15-8-4-13(18)5-9-15/h2-9H,10-11H2,1H3,(H,19,21)(H,20,22). The molecule has 0 unspecified atom stereocenters. The molecule has 2 rings (SSSR count). The van der Waals surface area contributed by atoms with E-state index in [0.29, 0.717) is 0 Å². The van der Waals surface area contributed by atoms with E-state index in [1.54, 1.807) is 0 Å². The molecule has 0 saturated heterocycles. The molecule has 2 amide bonds. The first-order valence-corrected chi connectivity index (χ1v) is 9.26. The van der Waals surface area contributed by atoms with E-state index >= 15 is 0 Å². The van der Waals surface area contributed by atoms with Crippen LogP contribution in [0.25, 0.3) is 0 Å². The minimum absolute atomic E-state index is 0.110. The SMILES string of the molecule is Cc1ccc(NC(=O)CSCC(=O)Nc2ccc(I)cc2)cc1. The van der Waals surface area contributed by atoms with E-state index in [0.717, 1.165) is 20.5 Å². The van der Waals surface area contributed by atoms with Crippen LogP contribution >= 0.6 is 34.4 Å². The molecular formula is C17H17IN2O2S. The van der Waals surface area contributed by atoms with Crippen LogP contribution in [0.5, 0.6) is 0 Å². The molecule has 0 aromatic heterocycles. The van der Waals surface area contributed by atoms with Crippen molar-refractivity contribution in [3.63, 3.8) is 0 Å². The number of carbonyl (C=O) groups excluding carboxylic acids is 2. The summed E-state index contributed by atoms with van der Waals surface area (Å²) in [4.78, 5) is 23.6. The van der Waals surface area contributed by atoms with Crippen molar-refractivity contribution in [2.75, 3.05) is 22.1 Å². The Kier molecular flexibility index (Phi) is 6.91. The quantitative estimate of drug-likeness (QED) is 0.670. The molecule has 2 N–H and O–H groups in total. The summed E-state index contributed by atoms with van der Waals surface area (Å²) in [6.07, 6.45) is 0. The first-order valence-electron chi connectivity index (χ1n) is 7.02. The number of amides is 2. The predicted molar refractivity (Wildman–Crippen MR) is 105 cm³/mol. The van der Waals surface area contributed by atoms with E-state index in [-0.39, 0.29) is 23.3 Å². The monoisotopic (exact) mass is 440 g/mol. The zero-order valence-electron chi connectivity index (χ0n) is 12.6. The lowest BCUT2D eigenvalue weighted by atomic mass is 10.2. The summed E-state index contributed by atoms with van der Waals surface area (Å²) in [6, 6.07) is 15.2. The van der Waals surface area contributed by atoms with Crippen LogP contribution in [0.4, 0.5) is 11.4 Å². The van der Waals surface area contributed by atoms with Gasteiger partial charge in [-0.3, -0.25) is 9.59 Å². The Morgan fingerprint density at radius 3 is 1.78 bits per heavy atom. The normalized spacial score (nSPS) is 10.2. The van der Waals surface area contributed by atoms with Crippen LogP contribution in [0.15, 0.2) is 48.5 Å². The van der Waals surface area contributed by atoms with Gasteiger partial charge in [0, 0.05) is 14.9 Å². The van der Waals surface area contributed by atoms with Gasteiger partial charge in [-0.25, -0.2) is 0 Å². The number of carbonyl (C=O) groups is 2. The molecule has 2 aromatic carbocycles. The van der Waals surface area contributed by atoms with Crippen LogP contribution in [0.2, 0.25) is 0 Å². The Hall–Kier alpha value is -1.54. The van der Waals surface area contributed by atoms with Crippen LogP contribution in [0.3, 0.4) is 0 Å². The van der Waals surface area contributed by atoms with Gasteiger partial charge >= 0.3 is 0 Å². The van der Waals surface area contributed by atoms with E-state index < -0.39 is 0 Å². The number of anilines is 2. The number of hydrogen-bond acceptors (Lipinski definition) is 3. The average Bonchev–Trinajstić information content (AvgIpc) is 2.52. The van der Waals surface area contributed by atoms with E-state index in [9.17, 15) is 9.59 Å². The summed E-state index contributed by atoms with van der Waals surface area (Å²) in [5.74, 6) is 0.265. The van der Waals surface area contributed by atoms with Crippen molar-refractivity contribution in [3.8, 4) is 0 Å². The highest BCUT2D eigenvalue weighted by Crippen LogP contribution is 2.12. The summed E-state index contributed by atoms with van der Waals surface area (Å²) in [5, 5.41) is 5.61. The van der Waals surface area contributed by atoms with Gasteiger partial charge in [-0.1, -0.05) is 17.7 Å². The molecule has 0 bridgehead atoms. The molecule has 120 valence electrons. The Morgan fingerprint density at radius 1 is 0.870 bits per heavy atom. The minimum atomic E-state index is -0.112. The highest BCUT2D eigenvalue weighted by atomic mass is 127. The molecule has 2 aromatic rings. The zero-order chi connectivity index (χ0) is 16.7. The van der Waals surface area contributed by atoms with Crippen molar-refractivity contribution in [2.45, 2.75) is 6.92 Å². The van der Waals surface area contributed by atoms with Crippen LogP contribution in [-0.4, -0.2) is 23.3 Å². The number of benzene rings is 2. The lowest BCUT2D eigenvalue weighted by molar-refractivity contribution is -0.114. The summed E-state index contributed by atoms with van der Waals surface area (Å²) in [7, 11) is 0. The number of aryl methyl sites for hydroxylation is 1. The van der Waals surface area contributed by atoms with E-state index in [1.807, 2.05) is 55.5 Å². The van der Waals surface area contributed by atoms with Crippen molar-refractivity contribution in [1.29, 1.82) is 0 Å². The van der Waals surface area contributed by atoms with Crippen LogP contribution in [-0.2, 0) is 9.59 Å². The molecule has 0 fully saturated rings. The van der Waals surface area contributed by atoms with Crippen molar-refractivity contribution in [3.05, 3.63) is 57.7 Å². The first kappa shape index (κ1) is 17.8. The second-order valence-electron chi connectivity index (χ2n) is 4.96. The number of thioether (sulfide) groups is 1. The maximum atomic E-state index is 11.8. The average molecular weight is 440 g/mol. The van der Waals surface area contributed by atoms with Gasteiger partial charge in [0.25, 0.3) is 0 Å². The fourth-order valence-corrected chi connectivity index (χ4v) is 2.78. The van der Waals surface area contributed by atoms with Crippen molar-refractivity contribution in [2.24, 2.45) is 0 Å². The molecule has 4 nitrogen and oxygen atoms in total. The van der Waals surface area contributed by atoms with Gasteiger partial charge in [-0.2, -0.15) is 0 Å². The molecule has 0 radical (unpaired) electrons. The topological polar surface area (TPSA) is 58.2 Å². The molecular weight excluding hydrogens is 423 g/mol. The lowest BCUT2D eigenvalue weighted by Crippen LogP contribution is -2.18.